The number of rotatable bonds is 0. The average molecular weight is 132 g/mol. The molecule has 1 aromatic heterocycles. The van der Waals surface area contributed by atoms with Gasteiger partial charge in [0.15, 0.2) is 0 Å². The second-order valence-electron chi connectivity index (χ2n) is 0.811. The number of hydrogen-bond acceptors (Lipinski definition) is 3. The van der Waals surface area contributed by atoms with Gasteiger partial charge < -0.3 is 0 Å². The molecule has 0 N–H and O–H groups in total. The maximum atomic E-state index is 4.64. The summed E-state index contributed by atoms with van der Waals surface area (Å²) in [7, 11) is 0. The van der Waals surface area contributed by atoms with Gasteiger partial charge in [-0.15, -0.1) is 21.8 Å². The molecule has 44 valence electrons. The smallest absolute Gasteiger partial charge is 0.0529 e. The average Bonchev–Trinajstić information content (AvgIpc) is 1.96. The van der Waals surface area contributed by atoms with Crippen LogP contribution in [0.1, 0.15) is 0 Å². The molecule has 0 aliphatic heterocycles. The lowest BCUT2D eigenvalue weighted by atomic mass is 10.7. The first-order valence-electron chi connectivity index (χ1n) is 1.96. The van der Waals surface area contributed by atoms with Crippen LogP contribution in [-0.4, -0.2) is 21.8 Å². The van der Waals surface area contributed by atoms with Crippen LogP contribution < -0.4 is 0 Å². The van der Waals surface area contributed by atoms with Gasteiger partial charge in [0.1, 0.15) is 0 Å². The van der Waals surface area contributed by atoms with Crippen molar-refractivity contribution in [1.82, 2.24) is 15.4 Å². The van der Waals surface area contributed by atoms with E-state index < -0.39 is 0 Å². The Morgan fingerprint density at radius 2 is 1.62 bits per heavy atom. The van der Waals surface area contributed by atoms with E-state index in [0.717, 1.165) is 0 Å². The van der Waals surface area contributed by atoms with Gasteiger partial charge >= 0.3 is 0 Å². The molecule has 0 fully saturated rings. The predicted molar refractivity (Wildman–Crippen MR) is 31.6 cm³/mol. The second kappa shape index (κ2) is 6.30. The van der Waals surface area contributed by atoms with Crippen LogP contribution in [0.3, 0.4) is 0 Å². The summed E-state index contributed by atoms with van der Waals surface area (Å²) in [6, 6.07) is 1.72. The molecule has 0 radical (unpaired) electrons. The van der Waals surface area contributed by atoms with Gasteiger partial charge in [-0.3, -0.25) is 0 Å². The van der Waals surface area contributed by atoms with Crippen LogP contribution in [0.15, 0.2) is 18.5 Å². The molecule has 1 aromatic rings. The van der Waals surface area contributed by atoms with E-state index in [1.165, 1.54) is 6.38 Å². The molecule has 0 aromatic carbocycles. The molecule has 0 bridgehead atoms. The Balaban J connectivity index is 0.000000222. The predicted octanol–water partition coefficient (Wildman–Crippen LogP) is 0.727. The number of hydrogen-bond donors (Lipinski definition) is 0. The number of nitrogens with zero attached hydrogens (tertiary/aromatic N) is 3. The van der Waals surface area contributed by atoms with Gasteiger partial charge in [-0.2, -0.15) is 0 Å². The highest BCUT2D eigenvalue weighted by molar-refractivity contribution is 6.15. The minimum atomic E-state index is 1.47. The Labute approximate surface area is 52.7 Å². The lowest BCUT2D eigenvalue weighted by Gasteiger charge is -1.68. The van der Waals surface area contributed by atoms with E-state index in [1.807, 2.05) is 0 Å². The van der Waals surface area contributed by atoms with Crippen LogP contribution in [-0.2, 0) is 0 Å². The summed E-state index contributed by atoms with van der Waals surface area (Å²) < 4.78 is 0. The molecule has 0 saturated carbocycles. The molecule has 0 aliphatic rings. The van der Waals surface area contributed by atoms with Crippen LogP contribution in [0.25, 0.3) is 0 Å². The standard InChI is InChI=1S/C3H3N3.CH3Cl/c1-2-4-6-5-3-1;1-2/h1-3H;1H3. The highest BCUT2D eigenvalue weighted by Crippen LogP contribution is 1.61. The molecule has 0 amide bonds. The van der Waals surface area contributed by atoms with Gasteiger partial charge in [0.05, 0.1) is 12.4 Å². The first kappa shape index (κ1) is 7.30. The summed E-state index contributed by atoms with van der Waals surface area (Å²) in [4.78, 5) is 0. The zero-order valence-electron chi connectivity index (χ0n) is 4.45. The maximum Gasteiger partial charge on any atom is 0.0529 e. The van der Waals surface area contributed by atoms with E-state index in [-0.39, 0.29) is 0 Å². The van der Waals surface area contributed by atoms with Crippen LogP contribution in [0, 0.1) is 0 Å². The molecule has 0 unspecified atom stereocenters. The van der Waals surface area contributed by atoms with Gasteiger partial charge in [0.2, 0.25) is 0 Å². The van der Waals surface area contributed by atoms with Crippen LogP contribution in [0.2, 0.25) is 0 Å². The SMILES string of the molecule is CCl.c1cnnnc1. The number of alkyl halides is 1. The summed E-state index contributed by atoms with van der Waals surface area (Å²) in [5, 5.41) is 10.1. The van der Waals surface area contributed by atoms with Crippen molar-refractivity contribution in [1.29, 1.82) is 0 Å². The van der Waals surface area contributed by atoms with Crippen molar-refractivity contribution < 1.29 is 0 Å². The summed E-state index contributed by atoms with van der Waals surface area (Å²) >= 11 is 4.64. The molecular formula is C4H6ClN3. The highest BCUT2D eigenvalue weighted by atomic mass is 35.5. The van der Waals surface area contributed by atoms with E-state index in [9.17, 15) is 0 Å². The number of aromatic nitrogens is 3. The quantitative estimate of drug-likeness (QED) is 0.487. The van der Waals surface area contributed by atoms with Crippen LogP contribution >= 0.6 is 11.6 Å². The zero-order valence-corrected chi connectivity index (χ0v) is 5.21. The van der Waals surface area contributed by atoms with Gasteiger partial charge in [-0.05, 0) is 11.3 Å². The van der Waals surface area contributed by atoms with Crippen molar-refractivity contribution in [2.24, 2.45) is 0 Å². The molecule has 0 spiro atoms. The van der Waals surface area contributed by atoms with E-state index in [1.54, 1.807) is 18.5 Å². The molecule has 3 nitrogen and oxygen atoms in total. The minimum absolute atomic E-state index is 1.47. The third-order valence-electron chi connectivity index (χ3n) is 0.409. The molecule has 0 atom stereocenters. The van der Waals surface area contributed by atoms with E-state index in [4.69, 9.17) is 0 Å². The fourth-order valence-electron chi connectivity index (χ4n) is 0.205. The molecule has 1 rings (SSSR count). The lowest BCUT2D eigenvalue weighted by molar-refractivity contribution is 0.865. The topological polar surface area (TPSA) is 38.7 Å². The van der Waals surface area contributed by atoms with Crippen LogP contribution in [0.4, 0.5) is 0 Å². The summed E-state index contributed by atoms with van der Waals surface area (Å²) in [6.45, 7) is 0. The van der Waals surface area contributed by atoms with Gasteiger partial charge in [-0.25, -0.2) is 0 Å². The maximum absolute atomic E-state index is 4.64. The zero-order chi connectivity index (χ0) is 6.24. The Kier molecular flexibility index (Phi) is 5.75. The first-order chi connectivity index (χ1) is 4.00. The van der Waals surface area contributed by atoms with Crippen molar-refractivity contribution in [3.63, 3.8) is 0 Å². The summed E-state index contributed by atoms with van der Waals surface area (Å²) in [5.74, 6) is 0. The molecule has 4 heteroatoms. The van der Waals surface area contributed by atoms with Crippen molar-refractivity contribution in [2.45, 2.75) is 0 Å². The molecule has 1 heterocycles. The lowest BCUT2D eigenvalue weighted by Crippen LogP contribution is -1.78. The summed E-state index contributed by atoms with van der Waals surface area (Å²) in [5.41, 5.74) is 0. The Hall–Kier alpha value is -0.700. The normalized spacial score (nSPS) is 6.75. The van der Waals surface area contributed by atoms with E-state index in [0.29, 0.717) is 0 Å². The summed E-state index contributed by atoms with van der Waals surface area (Å²) in [6.07, 6.45) is 4.62. The largest absolute Gasteiger partial charge is 0.139 e. The van der Waals surface area contributed by atoms with Gasteiger partial charge in [-0.1, -0.05) is 0 Å². The fraction of sp³-hybridized carbons (Fsp3) is 0.250. The Morgan fingerprint density at radius 1 is 1.12 bits per heavy atom. The van der Waals surface area contributed by atoms with Crippen LogP contribution in [0.5, 0.6) is 0 Å². The molecular weight excluding hydrogens is 126 g/mol. The monoisotopic (exact) mass is 131 g/mol. The van der Waals surface area contributed by atoms with Crippen molar-refractivity contribution >= 4 is 11.6 Å². The van der Waals surface area contributed by atoms with Gasteiger partial charge in [0, 0.05) is 6.38 Å². The minimum Gasteiger partial charge on any atom is -0.139 e. The fourth-order valence-corrected chi connectivity index (χ4v) is 0.205. The van der Waals surface area contributed by atoms with Gasteiger partial charge in [0.25, 0.3) is 0 Å². The van der Waals surface area contributed by atoms with E-state index in [2.05, 4.69) is 27.0 Å². The van der Waals surface area contributed by atoms with Crippen molar-refractivity contribution in [3.05, 3.63) is 18.5 Å². The first-order valence-corrected chi connectivity index (χ1v) is 2.72. The molecule has 8 heavy (non-hydrogen) atoms. The Morgan fingerprint density at radius 3 is 1.75 bits per heavy atom. The molecule has 0 aliphatic carbocycles. The number of halogens is 1. The van der Waals surface area contributed by atoms with Crippen molar-refractivity contribution in [3.8, 4) is 0 Å². The van der Waals surface area contributed by atoms with Crippen molar-refractivity contribution in [2.75, 3.05) is 6.38 Å². The highest BCUT2D eigenvalue weighted by Gasteiger charge is 1.60. The van der Waals surface area contributed by atoms with E-state index >= 15 is 0 Å². The Bertz CT molecular complexity index is 83.2. The second-order valence-corrected chi connectivity index (χ2v) is 0.811. The molecule has 0 saturated heterocycles. The third kappa shape index (κ3) is 3.49. The third-order valence-corrected chi connectivity index (χ3v) is 0.409.